The maximum absolute atomic E-state index is 13.6. The highest BCUT2D eigenvalue weighted by Crippen LogP contribution is 2.40. The van der Waals surface area contributed by atoms with Crippen LogP contribution in [0, 0.1) is 13.8 Å². The molecule has 7 heteroatoms. The molecule has 0 radical (unpaired) electrons. The van der Waals surface area contributed by atoms with E-state index < -0.39 is 6.09 Å². The van der Waals surface area contributed by atoms with Gasteiger partial charge in [-0.05, 0) is 86.8 Å². The molecule has 34 heavy (non-hydrogen) atoms. The maximum atomic E-state index is 13.6. The van der Waals surface area contributed by atoms with Gasteiger partial charge in [-0.2, -0.15) is 0 Å². The molecule has 0 saturated carbocycles. The molecule has 0 aliphatic carbocycles. The van der Waals surface area contributed by atoms with Gasteiger partial charge in [0.1, 0.15) is 11.5 Å². The van der Waals surface area contributed by atoms with Crippen LogP contribution in [-0.2, 0) is 4.74 Å². The summed E-state index contributed by atoms with van der Waals surface area (Å²) in [4.78, 5) is 29.9. The number of methoxy groups -OCH3 is 1. The first kappa shape index (κ1) is 23.4. The molecule has 1 unspecified atom stereocenters. The Kier molecular flexibility index (Phi) is 6.63. The third-order valence-electron chi connectivity index (χ3n) is 6.27. The normalized spacial score (nSPS) is 15.1. The van der Waals surface area contributed by atoms with Crippen LogP contribution in [0.1, 0.15) is 41.9 Å². The van der Waals surface area contributed by atoms with Gasteiger partial charge in [-0.15, -0.1) is 0 Å². The van der Waals surface area contributed by atoms with Crippen LogP contribution in [-0.4, -0.2) is 38.3 Å². The number of nitrogens with zero attached hydrogens (tertiary/aromatic N) is 2. The number of benzene rings is 2. The van der Waals surface area contributed by atoms with Crippen molar-refractivity contribution in [2.75, 3.05) is 30.1 Å². The van der Waals surface area contributed by atoms with Crippen LogP contribution in [0.15, 0.2) is 52.9 Å². The third kappa shape index (κ3) is 4.25. The fourth-order valence-corrected chi connectivity index (χ4v) is 4.22. The summed E-state index contributed by atoms with van der Waals surface area (Å²) in [5, 5.41) is 0. The van der Waals surface area contributed by atoms with Crippen LogP contribution >= 0.6 is 0 Å². The highest BCUT2D eigenvalue weighted by atomic mass is 16.6. The summed E-state index contributed by atoms with van der Waals surface area (Å²) < 4.78 is 16.5. The average Bonchev–Trinajstić information content (AvgIpc) is 3.34. The second-order valence-corrected chi connectivity index (χ2v) is 8.36. The third-order valence-corrected chi connectivity index (χ3v) is 6.27. The molecule has 0 spiro atoms. The quantitative estimate of drug-likeness (QED) is 0.467. The predicted molar refractivity (Wildman–Crippen MR) is 132 cm³/mol. The Morgan fingerprint density at radius 3 is 2.29 bits per heavy atom. The molecular weight excluding hydrogens is 432 g/mol. The summed E-state index contributed by atoms with van der Waals surface area (Å²) in [6, 6.07) is 14.7. The molecule has 1 aromatic heterocycles. The largest absolute Gasteiger partial charge is 0.497 e. The summed E-state index contributed by atoms with van der Waals surface area (Å²) in [6.45, 7) is 8.41. The fraction of sp³-hybridized carbons (Fsp3) is 0.333. The van der Waals surface area contributed by atoms with Gasteiger partial charge in [0.15, 0.2) is 5.76 Å². The highest BCUT2D eigenvalue weighted by Gasteiger charge is 2.38. The summed E-state index contributed by atoms with van der Waals surface area (Å²) in [5.74, 6) is 1.35. The average molecular weight is 463 g/mol. The Balaban J connectivity index is 1.71. The molecule has 7 nitrogen and oxygen atoms in total. The predicted octanol–water partition coefficient (Wildman–Crippen LogP) is 5.97. The minimum absolute atomic E-state index is 0.214. The van der Waals surface area contributed by atoms with E-state index in [0.717, 1.165) is 22.4 Å². The van der Waals surface area contributed by atoms with Crippen molar-refractivity contribution in [2.24, 2.45) is 0 Å². The Hall–Kier alpha value is -3.74. The lowest BCUT2D eigenvalue weighted by molar-refractivity contribution is 0.0955. The molecule has 2 amide bonds. The molecule has 2 heterocycles. The summed E-state index contributed by atoms with van der Waals surface area (Å²) in [5.41, 5.74) is 4.28. The molecule has 3 aromatic rings. The summed E-state index contributed by atoms with van der Waals surface area (Å²) in [6.07, 6.45) is 0.273. The number of hydrogen-bond acceptors (Lipinski definition) is 5. The number of aryl methyl sites for hydroxylation is 2. The van der Waals surface area contributed by atoms with E-state index in [1.165, 1.54) is 0 Å². The fourth-order valence-electron chi connectivity index (χ4n) is 4.22. The molecular formula is C27H30N2O5. The van der Waals surface area contributed by atoms with Gasteiger partial charge in [-0.25, -0.2) is 4.79 Å². The smallest absolute Gasteiger partial charge is 0.414 e. The molecule has 0 saturated heterocycles. The van der Waals surface area contributed by atoms with Gasteiger partial charge in [-0.1, -0.05) is 6.92 Å². The zero-order chi connectivity index (χ0) is 24.4. The van der Waals surface area contributed by atoms with Gasteiger partial charge >= 0.3 is 6.09 Å². The molecule has 4 rings (SSSR count). The van der Waals surface area contributed by atoms with Crippen molar-refractivity contribution in [1.82, 2.24) is 0 Å². The van der Waals surface area contributed by atoms with Gasteiger partial charge < -0.3 is 18.8 Å². The van der Waals surface area contributed by atoms with Crippen LogP contribution in [0.3, 0.4) is 0 Å². The minimum Gasteiger partial charge on any atom is -0.497 e. The van der Waals surface area contributed by atoms with E-state index in [1.54, 1.807) is 36.0 Å². The van der Waals surface area contributed by atoms with Crippen molar-refractivity contribution >= 4 is 23.4 Å². The number of anilines is 2. The molecule has 2 aromatic carbocycles. The van der Waals surface area contributed by atoms with Gasteiger partial charge in [0.25, 0.3) is 5.91 Å². The summed E-state index contributed by atoms with van der Waals surface area (Å²) >= 11 is 0. The van der Waals surface area contributed by atoms with Crippen molar-refractivity contribution in [3.8, 4) is 17.1 Å². The van der Waals surface area contributed by atoms with E-state index in [9.17, 15) is 9.59 Å². The Labute approximate surface area is 199 Å². The lowest BCUT2D eigenvalue weighted by atomic mass is 10.00. The number of fused-ring (bicyclic) bond motifs is 1. The number of carbonyl (C=O) groups is 2. The molecule has 0 N–H and O–H groups in total. The van der Waals surface area contributed by atoms with Crippen molar-refractivity contribution in [3.05, 3.63) is 65.4 Å². The topological polar surface area (TPSA) is 72.2 Å². The van der Waals surface area contributed by atoms with Gasteiger partial charge in [0.2, 0.25) is 0 Å². The first-order valence-corrected chi connectivity index (χ1v) is 11.5. The molecule has 1 aliphatic heterocycles. The van der Waals surface area contributed by atoms with Crippen molar-refractivity contribution < 1.29 is 23.5 Å². The first-order chi connectivity index (χ1) is 16.4. The van der Waals surface area contributed by atoms with Crippen LogP contribution in [0.2, 0.25) is 0 Å². The van der Waals surface area contributed by atoms with Crippen molar-refractivity contribution in [3.63, 3.8) is 0 Å². The lowest BCUT2D eigenvalue weighted by Gasteiger charge is -2.41. The number of carbonyl (C=O) groups excluding carboxylic acids is 2. The Morgan fingerprint density at radius 2 is 1.68 bits per heavy atom. The number of hydrogen-bond donors (Lipinski definition) is 0. The zero-order valence-corrected chi connectivity index (χ0v) is 20.3. The maximum Gasteiger partial charge on any atom is 0.414 e. The molecule has 0 bridgehead atoms. The van der Waals surface area contributed by atoms with E-state index in [2.05, 4.69) is 0 Å². The number of furan rings is 1. The van der Waals surface area contributed by atoms with Crippen molar-refractivity contribution in [1.29, 1.82) is 0 Å². The highest BCUT2D eigenvalue weighted by molar-refractivity contribution is 6.09. The Morgan fingerprint density at radius 1 is 1.00 bits per heavy atom. The van der Waals surface area contributed by atoms with Gasteiger partial charge in [0.05, 0.1) is 31.1 Å². The van der Waals surface area contributed by atoms with Gasteiger partial charge in [0, 0.05) is 12.1 Å². The van der Waals surface area contributed by atoms with Crippen LogP contribution in [0.25, 0.3) is 11.3 Å². The monoisotopic (exact) mass is 462 g/mol. The molecule has 1 aliphatic rings. The van der Waals surface area contributed by atoms with E-state index >= 15 is 0 Å². The molecule has 178 valence electrons. The number of ether oxygens (including phenoxy) is 2. The molecule has 1 atom stereocenters. The number of amides is 2. The van der Waals surface area contributed by atoms with Crippen LogP contribution in [0.4, 0.5) is 16.2 Å². The lowest BCUT2D eigenvalue weighted by Crippen LogP contribution is -2.53. The van der Waals surface area contributed by atoms with E-state index in [4.69, 9.17) is 13.9 Å². The minimum atomic E-state index is -0.397. The second-order valence-electron chi connectivity index (χ2n) is 8.36. The Bertz CT molecular complexity index is 1200. The zero-order valence-electron chi connectivity index (χ0n) is 20.3. The van der Waals surface area contributed by atoms with E-state index in [0.29, 0.717) is 30.1 Å². The summed E-state index contributed by atoms with van der Waals surface area (Å²) in [7, 11) is 1.62. The SMILES string of the molecule is CCOC(=O)N1c2cc(C)c(C)cc2N(C(=O)c2ccc(-c3ccc(OC)cc3)o2)CC1CC. The van der Waals surface area contributed by atoms with Crippen LogP contribution in [0.5, 0.6) is 5.75 Å². The number of rotatable bonds is 5. The van der Waals surface area contributed by atoms with E-state index in [1.807, 2.05) is 57.2 Å². The second kappa shape index (κ2) is 9.63. The first-order valence-electron chi connectivity index (χ1n) is 11.5. The molecule has 0 fully saturated rings. The van der Waals surface area contributed by atoms with Gasteiger partial charge in [-0.3, -0.25) is 9.69 Å². The standard InChI is InChI=1S/C27H30N2O5/c1-6-20-16-28(22-14-17(3)18(4)15-23(22)29(20)27(31)33-7-2)26(30)25-13-12-24(34-25)19-8-10-21(32-5)11-9-19/h8-15,20H,6-7,16H2,1-5H3. The van der Waals surface area contributed by atoms with E-state index in [-0.39, 0.29) is 24.3 Å². The van der Waals surface area contributed by atoms with Crippen molar-refractivity contribution in [2.45, 2.75) is 40.2 Å². The van der Waals surface area contributed by atoms with Crippen LogP contribution < -0.4 is 14.5 Å².